The van der Waals surface area contributed by atoms with Gasteiger partial charge in [-0.2, -0.15) is 0 Å². The molecule has 0 fully saturated rings. The molecule has 0 spiro atoms. The van der Waals surface area contributed by atoms with Crippen LogP contribution in [0.4, 0.5) is 5.69 Å². The number of likely N-dealkylation sites (N-methyl/N-ethyl adjacent to an activating group) is 1. The lowest BCUT2D eigenvalue weighted by atomic mass is 10.1. The highest BCUT2D eigenvalue weighted by molar-refractivity contribution is 5.93. The number of hydrogen-bond donors (Lipinski definition) is 1. The van der Waals surface area contributed by atoms with E-state index in [-0.39, 0.29) is 5.91 Å². The van der Waals surface area contributed by atoms with E-state index in [1.165, 1.54) is 0 Å². The molecule has 0 saturated carbocycles. The average Bonchev–Trinajstić information content (AvgIpc) is 2.69. The Morgan fingerprint density at radius 1 is 1.04 bits per heavy atom. The first-order valence-corrected chi connectivity index (χ1v) is 9.21. The maximum Gasteiger partial charge on any atom is 0.238 e. The van der Waals surface area contributed by atoms with Crippen molar-refractivity contribution in [3.63, 3.8) is 0 Å². The molecule has 144 valence electrons. The molecule has 2 rings (SSSR count). The molecule has 0 heterocycles. The summed E-state index contributed by atoms with van der Waals surface area (Å²) in [6.07, 6.45) is 5.00. The van der Waals surface area contributed by atoms with E-state index in [9.17, 15) is 4.79 Å². The second-order valence-corrected chi connectivity index (χ2v) is 6.08. The van der Waals surface area contributed by atoms with Crippen LogP contribution in [0.1, 0.15) is 25.0 Å². The van der Waals surface area contributed by atoms with Crippen LogP contribution in [0.25, 0.3) is 0 Å². The topological polar surface area (TPSA) is 41.6 Å². The predicted octanol–water partition coefficient (Wildman–Crippen LogP) is 4.28. The maximum absolute atomic E-state index is 11.9. The van der Waals surface area contributed by atoms with Crippen LogP contribution in [0.15, 0.2) is 48.5 Å². The number of para-hydroxylation sites is 2. The number of carbonyl (C=O) groups is 1. The number of terminal acetylenes is 1. The van der Waals surface area contributed by atoms with Gasteiger partial charge in [-0.25, -0.2) is 0 Å². The summed E-state index contributed by atoms with van der Waals surface area (Å²) >= 11 is 0. The van der Waals surface area contributed by atoms with Crippen molar-refractivity contribution in [2.24, 2.45) is 0 Å². The zero-order chi connectivity index (χ0) is 20.1. The lowest BCUT2D eigenvalue weighted by Crippen LogP contribution is -2.33. The summed E-state index contributed by atoms with van der Waals surface area (Å²) in [5, 5.41) is 3.00. The zero-order valence-corrected chi connectivity index (χ0v) is 16.8. The molecular formula is C23H30N2O2. The zero-order valence-electron chi connectivity index (χ0n) is 16.8. The van der Waals surface area contributed by atoms with Crippen molar-refractivity contribution >= 4 is 11.6 Å². The van der Waals surface area contributed by atoms with Gasteiger partial charge < -0.3 is 10.1 Å². The van der Waals surface area contributed by atoms with Crippen LogP contribution in [0.5, 0.6) is 5.75 Å². The van der Waals surface area contributed by atoms with Gasteiger partial charge in [0, 0.05) is 5.69 Å². The molecule has 0 radical (unpaired) electrons. The predicted molar refractivity (Wildman–Crippen MR) is 113 cm³/mol. The quantitative estimate of drug-likeness (QED) is 0.744. The fourth-order valence-electron chi connectivity index (χ4n) is 2.48. The van der Waals surface area contributed by atoms with Crippen LogP contribution < -0.4 is 10.1 Å². The van der Waals surface area contributed by atoms with E-state index in [1.54, 1.807) is 0 Å². The molecule has 0 atom stereocenters. The van der Waals surface area contributed by atoms with E-state index in [4.69, 9.17) is 11.2 Å². The number of aryl methyl sites for hydroxylation is 2. The third kappa shape index (κ3) is 8.44. The van der Waals surface area contributed by atoms with Gasteiger partial charge in [-0.1, -0.05) is 56.2 Å². The fourth-order valence-corrected chi connectivity index (χ4v) is 2.48. The Bertz CT molecular complexity index is 712. The van der Waals surface area contributed by atoms with E-state index < -0.39 is 0 Å². The average molecular weight is 367 g/mol. The largest absolute Gasteiger partial charge is 0.481 e. The van der Waals surface area contributed by atoms with Crippen molar-refractivity contribution in [3.8, 4) is 18.1 Å². The maximum atomic E-state index is 11.9. The highest BCUT2D eigenvalue weighted by atomic mass is 16.5. The molecule has 4 nitrogen and oxygen atoms in total. The molecule has 0 aliphatic carbocycles. The molecule has 27 heavy (non-hydrogen) atoms. The van der Waals surface area contributed by atoms with Crippen molar-refractivity contribution in [1.29, 1.82) is 0 Å². The monoisotopic (exact) mass is 366 g/mol. The van der Waals surface area contributed by atoms with Gasteiger partial charge in [0.05, 0.1) is 6.54 Å². The third-order valence-electron chi connectivity index (χ3n) is 4.07. The molecule has 0 saturated heterocycles. The first-order valence-electron chi connectivity index (χ1n) is 9.21. The highest BCUT2D eigenvalue weighted by Crippen LogP contribution is 2.19. The molecule has 0 unspecified atom stereocenters. The second-order valence-electron chi connectivity index (χ2n) is 6.08. The molecule has 0 bridgehead atoms. The van der Waals surface area contributed by atoms with Crippen LogP contribution in [-0.4, -0.2) is 37.0 Å². The van der Waals surface area contributed by atoms with Gasteiger partial charge in [0.15, 0.2) is 0 Å². The number of ether oxygens (including phenoxy) is 1. The number of amides is 1. The number of rotatable bonds is 7. The van der Waals surface area contributed by atoms with E-state index in [0.29, 0.717) is 13.2 Å². The summed E-state index contributed by atoms with van der Waals surface area (Å²) in [4.78, 5) is 14.0. The first kappa shape index (κ1) is 22.3. The summed E-state index contributed by atoms with van der Waals surface area (Å²) in [5.41, 5.74) is 3.17. The number of benzene rings is 2. The van der Waals surface area contributed by atoms with Crippen LogP contribution in [-0.2, 0) is 4.79 Å². The Balaban J connectivity index is 0.000000309. The molecule has 2 aromatic carbocycles. The van der Waals surface area contributed by atoms with Crippen molar-refractivity contribution in [1.82, 2.24) is 4.90 Å². The standard InChI is InChI=1S/C14H22N2O.C9H8O/c1-5-16(6-2)10-13(17)15-14-11(3)8-7-9-12(14)4;1-2-8-10-9-6-4-3-5-7-9/h7-9H,5-6,10H2,1-4H3,(H,15,17);1,3-7H,8H2. The molecule has 1 amide bonds. The Kier molecular flexibility index (Phi) is 10.4. The third-order valence-corrected chi connectivity index (χ3v) is 4.07. The van der Waals surface area contributed by atoms with Crippen LogP contribution >= 0.6 is 0 Å². The Labute approximate surface area is 163 Å². The SMILES string of the molecule is C#CCOc1ccccc1.CCN(CC)CC(=O)Nc1c(C)cccc1C. The van der Waals surface area contributed by atoms with Crippen LogP contribution in [0, 0.1) is 26.2 Å². The van der Waals surface area contributed by atoms with Crippen LogP contribution in [0.3, 0.4) is 0 Å². The molecule has 0 aliphatic heterocycles. The number of nitrogens with one attached hydrogen (secondary N) is 1. The van der Waals surface area contributed by atoms with E-state index >= 15 is 0 Å². The molecular weight excluding hydrogens is 336 g/mol. The van der Waals surface area contributed by atoms with Gasteiger partial charge in [-0.3, -0.25) is 9.69 Å². The molecule has 0 aliphatic rings. The number of hydrogen-bond acceptors (Lipinski definition) is 3. The normalized spacial score (nSPS) is 9.78. The minimum atomic E-state index is 0.0612. The van der Waals surface area contributed by atoms with Crippen molar-refractivity contribution in [2.75, 3.05) is 31.6 Å². The first-order chi connectivity index (χ1) is 13.0. The Hall–Kier alpha value is -2.77. The summed E-state index contributed by atoms with van der Waals surface area (Å²) in [5.74, 6) is 3.28. The Morgan fingerprint density at radius 2 is 1.63 bits per heavy atom. The van der Waals surface area contributed by atoms with Crippen molar-refractivity contribution in [2.45, 2.75) is 27.7 Å². The summed E-state index contributed by atoms with van der Waals surface area (Å²) in [6, 6.07) is 15.5. The Morgan fingerprint density at radius 3 is 2.15 bits per heavy atom. The number of carbonyl (C=O) groups excluding carboxylic acids is 1. The van der Waals surface area contributed by atoms with E-state index in [1.807, 2.05) is 62.4 Å². The van der Waals surface area contributed by atoms with Gasteiger partial charge in [0.1, 0.15) is 12.4 Å². The molecule has 0 aromatic heterocycles. The van der Waals surface area contributed by atoms with E-state index in [2.05, 4.69) is 30.0 Å². The second kappa shape index (κ2) is 12.6. The van der Waals surface area contributed by atoms with E-state index in [0.717, 1.165) is 35.7 Å². The van der Waals surface area contributed by atoms with Gasteiger partial charge in [0.2, 0.25) is 5.91 Å². The molecule has 1 N–H and O–H groups in total. The summed E-state index contributed by atoms with van der Waals surface area (Å²) in [6.45, 7) is 10.8. The highest BCUT2D eigenvalue weighted by Gasteiger charge is 2.09. The summed E-state index contributed by atoms with van der Waals surface area (Å²) < 4.78 is 5.12. The van der Waals surface area contributed by atoms with Gasteiger partial charge in [-0.15, -0.1) is 6.42 Å². The fraction of sp³-hybridized carbons (Fsp3) is 0.348. The smallest absolute Gasteiger partial charge is 0.238 e. The number of anilines is 1. The minimum Gasteiger partial charge on any atom is -0.481 e. The van der Waals surface area contributed by atoms with Gasteiger partial charge >= 0.3 is 0 Å². The van der Waals surface area contributed by atoms with Gasteiger partial charge in [-0.05, 0) is 50.2 Å². The van der Waals surface area contributed by atoms with Crippen molar-refractivity contribution in [3.05, 3.63) is 59.7 Å². The van der Waals surface area contributed by atoms with Crippen LogP contribution in [0.2, 0.25) is 0 Å². The minimum absolute atomic E-state index is 0.0612. The van der Waals surface area contributed by atoms with Gasteiger partial charge in [0.25, 0.3) is 0 Å². The molecule has 2 aromatic rings. The van der Waals surface area contributed by atoms with Crippen molar-refractivity contribution < 1.29 is 9.53 Å². The lowest BCUT2D eigenvalue weighted by Gasteiger charge is -2.18. The summed E-state index contributed by atoms with van der Waals surface area (Å²) in [7, 11) is 0. The molecule has 4 heteroatoms. The lowest BCUT2D eigenvalue weighted by molar-refractivity contribution is -0.117. The number of nitrogens with zero attached hydrogens (tertiary/aromatic N) is 1.